The first-order valence-electron chi connectivity index (χ1n) is 7.62. The number of alkyl halides is 5. The molecule has 1 atom stereocenters. The molecule has 22 heavy (non-hydrogen) atoms. The zero-order valence-electron chi connectivity index (χ0n) is 12.9. The summed E-state index contributed by atoms with van der Waals surface area (Å²) in [4.78, 5) is 2.16. The van der Waals surface area contributed by atoms with Crippen molar-refractivity contribution in [3.63, 3.8) is 0 Å². The summed E-state index contributed by atoms with van der Waals surface area (Å²) in [5.74, 6) is -5.23. The highest BCUT2D eigenvalue weighted by atomic mass is 19.4. The highest BCUT2D eigenvalue weighted by Crippen LogP contribution is 2.48. The van der Waals surface area contributed by atoms with Crippen LogP contribution in [0.5, 0.6) is 0 Å². The van der Waals surface area contributed by atoms with E-state index in [1.54, 1.807) is 6.92 Å². The fraction of sp³-hybridized carbons (Fsp3) is 0.750. The van der Waals surface area contributed by atoms with E-state index >= 15 is 0 Å². The third-order valence-corrected chi connectivity index (χ3v) is 4.73. The Morgan fingerprint density at radius 1 is 1.09 bits per heavy atom. The lowest BCUT2D eigenvalue weighted by Crippen LogP contribution is -2.42. The molecule has 6 heteroatoms. The maximum absolute atomic E-state index is 13.8. The predicted molar refractivity (Wildman–Crippen MR) is 75.8 cm³/mol. The van der Waals surface area contributed by atoms with E-state index in [0.717, 1.165) is 37.6 Å². The van der Waals surface area contributed by atoms with Crippen LogP contribution in [0.25, 0.3) is 0 Å². The van der Waals surface area contributed by atoms with E-state index < -0.39 is 23.6 Å². The Morgan fingerprint density at radius 2 is 1.68 bits per heavy atom. The summed E-state index contributed by atoms with van der Waals surface area (Å²) >= 11 is 0. The van der Waals surface area contributed by atoms with Crippen molar-refractivity contribution in [1.82, 2.24) is 4.90 Å². The van der Waals surface area contributed by atoms with Crippen LogP contribution >= 0.6 is 0 Å². The van der Waals surface area contributed by atoms with E-state index in [1.807, 2.05) is 7.05 Å². The molecule has 1 heterocycles. The molecule has 0 radical (unpaired) electrons. The monoisotopic (exact) mass is 323 g/mol. The Balaban J connectivity index is 2.15. The summed E-state index contributed by atoms with van der Waals surface area (Å²) in [7, 11) is 1.99. The van der Waals surface area contributed by atoms with Crippen molar-refractivity contribution >= 4 is 0 Å². The van der Waals surface area contributed by atoms with Crippen LogP contribution in [-0.4, -0.2) is 37.1 Å². The lowest BCUT2D eigenvalue weighted by Gasteiger charge is -2.35. The van der Waals surface area contributed by atoms with Gasteiger partial charge in [0, 0.05) is 5.57 Å². The molecule has 0 saturated carbocycles. The van der Waals surface area contributed by atoms with E-state index in [-0.39, 0.29) is 5.92 Å². The molecule has 1 unspecified atom stereocenters. The minimum absolute atomic E-state index is 0.222. The summed E-state index contributed by atoms with van der Waals surface area (Å²) in [6.45, 7) is 3.53. The number of likely N-dealkylation sites (tertiary alicyclic amines) is 1. The van der Waals surface area contributed by atoms with Crippen molar-refractivity contribution in [2.24, 2.45) is 11.8 Å². The van der Waals surface area contributed by atoms with Crippen LogP contribution in [0.15, 0.2) is 23.3 Å². The lowest BCUT2D eigenvalue weighted by molar-refractivity contribution is -0.267. The Hall–Kier alpha value is -0.910. The molecule has 1 aliphatic carbocycles. The minimum atomic E-state index is -5.52. The van der Waals surface area contributed by atoms with E-state index in [1.165, 1.54) is 6.08 Å². The molecule has 0 N–H and O–H groups in total. The molecule has 0 spiro atoms. The molecule has 126 valence electrons. The van der Waals surface area contributed by atoms with Crippen LogP contribution < -0.4 is 0 Å². The maximum atomic E-state index is 13.8. The average Bonchev–Trinajstić information content (AvgIpc) is 2.40. The van der Waals surface area contributed by atoms with Crippen molar-refractivity contribution in [2.45, 2.75) is 44.7 Å². The molecule has 0 aromatic heterocycles. The van der Waals surface area contributed by atoms with Crippen molar-refractivity contribution < 1.29 is 22.0 Å². The molecule has 0 aromatic rings. The molecule has 0 bridgehead atoms. The van der Waals surface area contributed by atoms with E-state index in [9.17, 15) is 22.0 Å². The molecule has 1 fully saturated rings. The van der Waals surface area contributed by atoms with Crippen molar-refractivity contribution in [3.8, 4) is 0 Å². The summed E-state index contributed by atoms with van der Waals surface area (Å²) in [5.41, 5.74) is 0.101. The van der Waals surface area contributed by atoms with E-state index in [4.69, 9.17) is 0 Å². The van der Waals surface area contributed by atoms with Gasteiger partial charge in [0.2, 0.25) is 0 Å². The number of halogens is 5. The second-order valence-corrected chi connectivity index (χ2v) is 6.59. The van der Waals surface area contributed by atoms with Gasteiger partial charge in [0.25, 0.3) is 0 Å². The zero-order valence-corrected chi connectivity index (χ0v) is 12.9. The second-order valence-electron chi connectivity index (χ2n) is 6.59. The summed E-state index contributed by atoms with van der Waals surface area (Å²) in [5, 5.41) is 0. The quantitative estimate of drug-likeness (QED) is 0.674. The lowest BCUT2D eigenvalue weighted by atomic mass is 9.76. The van der Waals surface area contributed by atoms with Gasteiger partial charge in [-0.25, -0.2) is 0 Å². The summed E-state index contributed by atoms with van der Waals surface area (Å²) in [6.07, 6.45) is -0.712. The maximum Gasteiger partial charge on any atom is 0.457 e. The topological polar surface area (TPSA) is 3.24 Å². The first kappa shape index (κ1) is 17.4. The second kappa shape index (κ2) is 6.30. The van der Waals surface area contributed by atoms with Crippen LogP contribution in [0.2, 0.25) is 0 Å². The van der Waals surface area contributed by atoms with E-state index in [2.05, 4.69) is 4.90 Å². The number of hydrogen-bond donors (Lipinski definition) is 0. The SMILES string of the molecule is CC1=CC=C(C(F)(F)C(F)(F)F)C(CC2CCN(C)CC2)C1. The molecule has 1 nitrogen and oxygen atoms in total. The van der Waals surface area contributed by atoms with Gasteiger partial charge < -0.3 is 4.90 Å². The van der Waals surface area contributed by atoms with Gasteiger partial charge in [0.05, 0.1) is 0 Å². The number of nitrogens with zero attached hydrogens (tertiary/aromatic N) is 1. The van der Waals surface area contributed by atoms with Gasteiger partial charge in [0.15, 0.2) is 0 Å². The van der Waals surface area contributed by atoms with Crippen LogP contribution in [-0.2, 0) is 0 Å². The highest BCUT2D eigenvalue weighted by molar-refractivity contribution is 5.31. The van der Waals surface area contributed by atoms with Crippen molar-refractivity contribution in [2.75, 3.05) is 20.1 Å². The normalized spacial score (nSPS) is 25.9. The van der Waals surface area contributed by atoms with Crippen molar-refractivity contribution in [1.29, 1.82) is 0 Å². The summed E-state index contributed by atoms with van der Waals surface area (Å²) < 4.78 is 65.7. The molecular formula is C16H22F5N. The Bertz CT molecular complexity index is 456. The predicted octanol–water partition coefficient (Wildman–Crippen LogP) is 4.81. The van der Waals surface area contributed by atoms with Gasteiger partial charge in [0.1, 0.15) is 0 Å². The van der Waals surface area contributed by atoms with Crippen LogP contribution in [0.3, 0.4) is 0 Å². The Kier molecular flexibility index (Phi) is 5.00. The van der Waals surface area contributed by atoms with Gasteiger partial charge in [-0.15, -0.1) is 0 Å². The van der Waals surface area contributed by atoms with Crippen LogP contribution in [0.1, 0.15) is 32.6 Å². The molecule has 1 aliphatic heterocycles. The minimum Gasteiger partial charge on any atom is -0.306 e. The van der Waals surface area contributed by atoms with Crippen LogP contribution in [0, 0.1) is 11.8 Å². The van der Waals surface area contributed by atoms with Gasteiger partial charge >= 0.3 is 12.1 Å². The standard InChI is InChI=1S/C16H22F5N/c1-11-3-4-14(15(17,18)16(19,20)21)13(9-11)10-12-5-7-22(2)8-6-12/h3-4,12-13H,5-10H2,1-2H3. The number of allylic oxidation sites excluding steroid dienone is 4. The third-order valence-electron chi connectivity index (χ3n) is 4.73. The number of piperidine rings is 1. The van der Waals surface area contributed by atoms with Crippen molar-refractivity contribution in [3.05, 3.63) is 23.3 Å². The fourth-order valence-corrected chi connectivity index (χ4v) is 3.37. The van der Waals surface area contributed by atoms with Gasteiger partial charge in [-0.05, 0) is 64.6 Å². The van der Waals surface area contributed by atoms with Crippen LogP contribution in [0.4, 0.5) is 22.0 Å². The van der Waals surface area contributed by atoms with E-state index in [0.29, 0.717) is 12.8 Å². The molecule has 2 aliphatic rings. The van der Waals surface area contributed by atoms with Gasteiger partial charge in [-0.2, -0.15) is 22.0 Å². The Labute approximate surface area is 127 Å². The smallest absolute Gasteiger partial charge is 0.306 e. The highest BCUT2D eigenvalue weighted by Gasteiger charge is 2.61. The number of hydrogen-bond acceptors (Lipinski definition) is 1. The first-order valence-corrected chi connectivity index (χ1v) is 7.62. The number of rotatable bonds is 3. The third kappa shape index (κ3) is 3.70. The largest absolute Gasteiger partial charge is 0.457 e. The van der Waals surface area contributed by atoms with Gasteiger partial charge in [-0.3, -0.25) is 0 Å². The Morgan fingerprint density at radius 3 is 2.23 bits per heavy atom. The first-order chi connectivity index (χ1) is 10.1. The average molecular weight is 323 g/mol. The van der Waals surface area contributed by atoms with Gasteiger partial charge in [-0.1, -0.05) is 17.7 Å². The molecule has 0 aromatic carbocycles. The molecule has 2 rings (SSSR count). The molecule has 1 saturated heterocycles. The zero-order chi connectivity index (χ0) is 16.5. The summed E-state index contributed by atoms with van der Waals surface area (Å²) in [6, 6.07) is 0. The fourth-order valence-electron chi connectivity index (χ4n) is 3.37. The molecular weight excluding hydrogens is 301 g/mol. The molecule has 0 amide bonds.